The zero-order valence-electron chi connectivity index (χ0n) is 12.2. The highest BCUT2D eigenvalue weighted by atomic mass is 32.2. The molecule has 1 aliphatic rings. The lowest BCUT2D eigenvalue weighted by atomic mass is 10.3. The summed E-state index contributed by atoms with van der Waals surface area (Å²) in [5, 5.41) is 6.45. The van der Waals surface area contributed by atoms with E-state index in [0.29, 0.717) is 23.7 Å². The van der Waals surface area contributed by atoms with Gasteiger partial charge in [-0.2, -0.15) is 9.40 Å². The number of hydrogen-bond acceptors (Lipinski definition) is 4. The molecule has 7 heteroatoms. The number of thiophene rings is 1. The third-order valence-corrected chi connectivity index (χ3v) is 6.44. The Morgan fingerprint density at radius 2 is 2.00 bits per heavy atom. The van der Waals surface area contributed by atoms with E-state index in [1.165, 1.54) is 11.3 Å². The van der Waals surface area contributed by atoms with E-state index in [1.54, 1.807) is 15.2 Å². The van der Waals surface area contributed by atoms with Gasteiger partial charge in [0, 0.05) is 25.3 Å². The first-order valence-electron chi connectivity index (χ1n) is 7.13. The second kappa shape index (κ2) is 5.55. The molecule has 2 aromatic heterocycles. The molecule has 0 atom stereocenters. The molecular weight excluding hydrogens is 306 g/mol. The molecule has 0 aromatic carbocycles. The summed E-state index contributed by atoms with van der Waals surface area (Å²) >= 11 is 1.52. The number of rotatable bonds is 4. The molecule has 0 N–H and O–H groups in total. The van der Waals surface area contributed by atoms with Gasteiger partial charge in [0.05, 0.1) is 4.88 Å². The van der Waals surface area contributed by atoms with E-state index in [0.717, 1.165) is 17.7 Å². The first-order valence-corrected chi connectivity index (χ1v) is 9.45. The van der Waals surface area contributed by atoms with Crippen molar-refractivity contribution < 1.29 is 8.42 Å². The van der Waals surface area contributed by atoms with Crippen LogP contribution in [0.3, 0.4) is 0 Å². The smallest absolute Gasteiger partial charge is 0.246 e. The van der Waals surface area contributed by atoms with E-state index in [1.807, 2.05) is 31.4 Å². The Morgan fingerprint density at radius 1 is 1.29 bits per heavy atom. The molecule has 0 amide bonds. The van der Waals surface area contributed by atoms with Crippen LogP contribution in [0.1, 0.15) is 32.7 Å². The molecule has 1 saturated heterocycles. The molecular formula is C14H19N3O2S2. The van der Waals surface area contributed by atoms with Crippen LogP contribution in [0.4, 0.5) is 0 Å². The van der Waals surface area contributed by atoms with Gasteiger partial charge in [0.2, 0.25) is 10.0 Å². The fourth-order valence-electron chi connectivity index (χ4n) is 2.48. The van der Waals surface area contributed by atoms with Crippen molar-refractivity contribution in [1.29, 1.82) is 0 Å². The first-order chi connectivity index (χ1) is 10.00. The van der Waals surface area contributed by atoms with Crippen molar-refractivity contribution in [3.8, 4) is 10.6 Å². The Kier molecular flexibility index (Phi) is 3.90. The normalized spacial score (nSPS) is 16.9. The van der Waals surface area contributed by atoms with Crippen LogP contribution in [0.15, 0.2) is 28.6 Å². The van der Waals surface area contributed by atoms with Crippen molar-refractivity contribution in [2.24, 2.45) is 0 Å². The molecule has 3 heterocycles. The van der Waals surface area contributed by atoms with E-state index in [4.69, 9.17) is 0 Å². The summed E-state index contributed by atoms with van der Waals surface area (Å²) in [4.78, 5) is 1.23. The summed E-state index contributed by atoms with van der Waals surface area (Å²) in [7, 11) is -3.45. The van der Waals surface area contributed by atoms with Gasteiger partial charge in [-0.3, -0.25) is 4.68 Å². The molecule has 0 unspecified atom stereocenters. The summed E-state index contributed by atoms with van der Waals surface area (Å²) in [5.41, 5.74) is 0.575. The van der Waals surface area contributed by atoms with Crippen LogP contribution in [-0.2, 0) is 10.0 Å². The molecule has 0 bridgehead atoms. The van der Waals surface area contributed by atoms with Gasteiger partial charge in [0.25, 0.3) is 0 Å². The molecule has 0 spiro atoms. The Morgan fingerprint density at radius 3 is 2.57 bits per heavy atom. The standard InChI is InChI=1S/C14H19N3O2S2/c1-11(2)17-10-13(14(15-17)12-6-5-9-20-12)21(18,19)16-7-3-4-8-16/h5-6,9-11H,3-4,7-8H2,1-2H3. The van der Waals surface area contributed by atoms with E-state index in [9.17, 15) is 8.42 Å². The number of sulfonamides is 1. The van der Waals surface area contributed by atoms with E-state index >= 15 is 0 Å². The molecule has 2 aromatic rings. The molecule has 3 rings (SSSR count). The van der Waals surface area contributed by atoms with Crippen molar-refractivity contribution in [2.75, 3.05) is 13.1 Å². The zero-order chi connectivity index (χ0) is 15.0. The molecule has 0 saturated carbocycles. The molecule has 1 aliphatic heterocycles. The van der Waals surface area contributed by atoms with Crippen LogP contribution < -0.4 is 0 Å². The molecule has 0 aliphatic carbocycles. The summed E-state index contributed by atoms with van der Waals surface area (Å²) in [5.74, 6) is 0. The van der Waals surface area contributed by atoms with Gasteiger partial charge in [0.15, 0.2) is 0 Å². The minimum absolute atomic E-state index is 0.131. The fourth-order valence-corrected chi connectivity index (χ4v) is 4.92. The Bertz CT molecular complexity index is 711. The summed E-state index contributed by atoms with van der Waals surface area (Å²) in [6, 6.07) is 3.97. The monoisotopic (exact) mass is 325 g/mol. The quantitative estimate of drug-likeness (QED) is 0.868. The van der Waals surface area contributed by atoms with Crippen LogP contribution in [0, 0.1) is 0 Å². The molecule has 21 heavy (non-hydrogen) atoms. The third-order valence-electron chi connectivity index (χ3n) is 3.66. The Balaban J connectivity index is 2.12. The summed E-state index contributed by atoms with van der Waals surface area (Å²) in [6.07, 6.45) is 3.55. The highest BCUT2D eigenvalue weighted by Crippen LogP contribution is 2.33. The zero-order valence-corrected chi connectivity index (χ0v) is 13.8. The maximum absolute atomic E-state index is 12.9. The van der Waals surface area contributed by atoms with Gasteiger partial charge in [-0.1, -0.05) is 6.07 Å². The lowest BCUT2D eigenvalue weighted by Crippen LogP contribution is -2.28. The van der Waals surface area contributed by atoms with Crippen molar-refractivity contribution in [1.82, 2.24) is 14.1 Å². The molecule has 114 valence electrons. The lowest BCUT2D eigenvalue weighted by Gasteiger charge is -2.14. The Labute approximate surface area is 129 Å². The van der Waals surface area contributed by atoms with E-state index in [2.05, 4.69) is 5.10 Å². The largest absolute Gasteiger partial charge is 0.268 e. The van der Waals surface area contributed by atoms with Gasteiger partial charge < -0.3 is 0 Å². The number of aromatic nitrogens is 2. The average molecular weight is 325 g/mol. The predicted octanol–water partition coefficient (Wildman–Crippen LogP) is 2.98. The average Bonchev–Trinajstić information content (AvgIpc) is 3.19. The highest BCUT2D eigenvalue weighted by molar-refractivity contribution is 7.89. The molecule has 5 nitrogen and oxygen atoms in total. The second-order valence-electron chi connectivity index (χ2n) is 5.50. The highest BCUT2D eigenvalue weighted by Gasteiger charge is 2.32. The SMILES string of the molecule is CC(C)n1cc(S(=O)(=O)N2CCCC2)c(-c2cccs2)n1. The van der Waals surface area contributed by atoms with E-state index < -0.39 is 10.0 Å². The minimum Gasteiger partial charge on any atom is -0.268 e. The van der Waals surface area contributed by atoms with Gasteiger partial charge >= 0.3 is 0 Å². The van der Waals surface area contributed by atoms with Crippen LogP contribution in [0.25, 0.3) is 10.6 Å². The molecule has 1 fully saturated rings. The van der Waals surface area contributed by atoms with Crippen LogP contribution in [0.2, 0.25) is 0 Å². The Hall–Kier alpha value is -1.18. The topological polar surface area (TPSA) is 55.2 Å². The lowest BCUT2D eigenvalue weighted by molar-refractivity contribution is 0.477. The first kappa shape index (κ1) is 14.7. The summed E-state index contributed by atoms with van der Waals surface area (Å²) in [6.45, 7) is 5.22. The summed E-state index contributed by atoms with van der Waals surface area (Å²) < 4.78 is 29.0. The van der Waals surface area contributed by atoms with Crippen LogP contribution >= 0.6 is 11.3 Å². The van der Waals surface area contributed by atoms with Crippen LogP contribution in [-0.4, -0.2) is 35.6 Å². The fraction of sp³-hybridized carbons (Fsp3) is 0.500. The van der Waals surface area contributed by atoms with Gasteiger partial charge in [-0.05, 0) is 38.1 Å². The predicted molar refractivity (Wildman–Crippen MR) is 83.9 cm³/mol. The van der Waals surface area contributed by atoms with Gasteiger partial charge in [-0.25, -0.2) is 8.42 Å². The maximum Gasteiger partial charge on any atom is 0.246 e. The van der Waals surface area contributed by atoms with Gasteiger partial charge in [-0.15, -0.1) is 11.3 Å². The van der Waals surface area contributed by atoms with Crippen molar-refractivity contribution in [3.05, 3.63) is 23.7 Å². The van der Waals surface area contributed by atoms with Crippen molar-refractivity contribution in [2.45, 2.75) is 37.6 Å². The second-order valence-corrected chi connectivity index (χ2v) is 8.36. The van der Waals surface area contributed by atoms with Crippen molar-refractivity contribution in [3.63, 3.8) is 0 Å². The van der Waals surface area contributed by atoms with Gasteiger partial charge in [0.1, 0.15) is 10.6 Å². The third kappa shape index (κ3) is 2.65. The van der Waals surface area contributed by atoms with Crippen molar-refractivity contribution >= 4 is 21.4 Å². The number of hydrogen-bond donors (Lipinski definition) is 0. The number of nitrogens with zero attached hydrogens (tertiary/aromatic N) is 3. The minimum atomic E-state index is -3.45. The van der Waals surface area contributed by atoms with Crippen LogP contribution in [0.5, 0.6) is 0 Å². The maximum atomic E-state index is 12.9. The van der Waals surface area contributed by atoms with E-state index in [-0.39, 0.29) is 6.04 Å². The molecule has 0 radical (unpaired) electrons.